The first-order valence-electron chi connectivity index (χ1n) is 10.6. The Morgan fingerprint density at radius 2 is 2.10 bits per heavy atom. The van der Waals surface area contributed by atoms with Crippen molar-refractivity contribution in [3.8, 4) is 17.6 Å². The summed E-state index contributed by atoms with van der Waals surface area (Å²) >= 11 is 0. The Morgan fingerprint density at radius 3 is 2.81 bits per heavy atom. The number of aliphatic carboxylic acids is 1. The summed E-state index contributed by atoms with van der Waals surface area (Å²) in [6.07, 6.45) is 4.72. The second-order valence-corrected chi connectivity index (χ2v) is 7.81. The van der Waals surface area contributed by atoms with Gasteiger partial charge in [-0.1, -0.05) is 24.1 Å². The molecular weight excluding hydrogens is 392 g/mol. The zero-order valence-corrected chi connectivity index (χ0v) is 17.5. The molecule has 4 rings (SSSR count). The summed E-state index contributed by atoms with van der Waals surface area (Å²) < 4.78 is 12.3. The lowest BCUT2D eigenvalue weighted by Gasteiger charge is -2.23. The second kappa shape index (κ2) is 9.67. The van der Waals surface area contributed by atoms with Gasteiger partial charge in [0.2, 0.25) is 0 Å². The van der Waals surface area contributed by atoms with Crippen LogP contribution in [0.5, 0.6) is 5.75 Å². The lowest BCUT2D eigenvalue weighted by molar-refractivity contribution is -0.137. The fraction of sp³-hybridized carbons (Fsp3) is 0.360. The third-order valence-electron chi connectivity index (χ3n) is 5.60. The SMILES string of the molecule is CC#CC(CC(=O)O)c1ccc(O[C@@H](CC2CCCO2)c2ccc3[nH]ncc3c2)cc1. The summed E-state index contributed by atoms with van der Waals surface area (Å²) in [7, 11) is 0. The molecule has 3 atom stereocenters. The standard InChI is InChI=1S/C25H26N2O4/c1-2-4-18(14-25(28)29)17-6-9-21(10-7-17)31-24(15-22-5-3-12-30-22)19-8-11-23-20(13-19)16-26-27-23/h6-11,13,16,18,22,24H,3,5,12,14-15H2,1H3,(H,26,27)(H,28,29)/t18?,22?,24-/m0/s1. The van der Waals surface area contributed by atoms with E-state index in [0.29, 0.717) is 0 Å². The number of H-pyrrole nitrogens is 1. The average molecular weight is 418 g/mol. The molecule has 1 aliphatic heterocycles. The highest BCUT2D eigenvalue weighted by atomic mass is 16.5. The molecule has 2 aromatic carbocycles. The molecule has 1 fully saturated rings. The van der Waals surface area contributed by atoms with Crippen molar-refractivity contribution in [3.05, 3.63) is 59.8 Å². The van der Waals surface area contributed by atoms with Crippen molar-refractivity contribution in [2.45, 2.75) is 50.7 Å². The van der Waals surface area contributed by atoms with Gasteiger partial charge in [0, 0.05) is 18.4 Å². The highest BCUT2D eigenvalue weighted by Crippen LogP contribution is 2.32. The number of aromatic nitrogens is 2. The molecule has 0 bridgehead atoms. The number of hydrogen-bond acceptors (Lipinski definition) is 4. The van der Waals surface area contributed by atoms with Gasteiger partial charge < -0.3 is 14.6 Å². The first kappa shape index (κ1) is 21.0. The molecule has 160 valence electrons. The van der Waals surface area contributed by atoms with Crippen LogP contribution in [0.1, 0.15) is 55.8 Å². The quantitative estimate of drug-likeness (QED) is 0.512. The Morgan fingerprint density at radius 1 is 1.29 bits per heavy atom. The largest absolute Gasteiger partial charge is 0.486 e. The van der Waals surface area contributed by atoms with Gasteiger partial charge in [-0.2, -0.15) is 5.10 Å². The van der Waals surface area contributed by atoms with Crippen LogP contribution in [0.3, 0.4) is 0 Å². The van der Waals surface area contributed by atoms with Crippen molar-refractivity contribution in [3.63, 3.8) is 0 Å². The van der Waals surface area contributed by atoms with Gasteiger partial charge in [-0.05, 0) is 55.2 Å². The van der Waals surface area contributed by atoms with Gasteiger partial charge in [0.15, 0.2) is 0 Å². The van der Waals surface area contributed by atoms with Crippen LogP contribution in [0.15, 0.2) is 48.7 Å². The van der Waals surface area contributed by atoms with E-state index in [2.05, 4.69) is 34.2 Å². The molecule has 0 spiro atoms. The molecule has 2 heterocycles. The number of carboxylic acid groups (broad SMARTS) is 1. The van der Waals surface area contributed by atoms with Gasteiger partial charge in [-0.3, -0.25) is 9.89 Å². The molecule has 2 N–H and O–H groups in total. The lowest BCUT2D eigenvalue weighted by Crippen LogP contribution is -2.16. The maximum Gasteiger partial charge on any atom is 0.304 e. The van der Waals surface area contributed by atoms with Gasteiger partial charge in [-0.15, -0.1) is 5.92 Å². The number of carbonyl (C=O) groups is 1. The van der Waals surface area contributed by atoms with Crippen LogP contribution < -0.4 is 4.74 Å². The van der Waals surface area contributed by atoms with Crippen molar-refractivity contribution in [2.75, 3.05) is 6.61 Å². The zero-order valence-electron chi connectivity index (χ0n) is 17.5. The van der Waals surface area contributed by atoms with Crippen molar-refractivity contribution < 1.29 is 19.4 Å². The molecule has 1 aromatic heterocycles. The van der Waals surface area contributed by atoms with Crippen molar-refractivity contribution in [1.82, 2.24) is 10.2 Å². The van der Waals surface area contributed by atoms with Crippen molar-refractivity contribution in [1.29, 1.82) is 0 Å². The number of benzene rings is 2. The van der Waals surface area contributed by atoms with Gasteiger partial charge >= 0.3 is 5.97 Å². The van der Waals surface area contributed by atoms with E-state index >= 15 is 0 Å². The van der Waals surface area contributed by atoms with Crippen LogP contribution in [0.4, 0.5) is 0 Å². The van der Waals surface area contributed by atoms with E-state index in [1.54, 1.807) is 6.92 Å². The van der Waals surface area contributed by atoms with E-state index < -0.39 is 5.97 Å². The Kier molecular flexibility index (Phi) is 6.54. The highest BCUT2D eigenvalue weighted by molar-refractivity contribution is 5.78. The molecule has 0 saturated carbocycles. The Hall–Kier alpha value is -3.30. The third kappa shape index (κ3) is 5.25. The Labute approximate surface area is 181 Å². The number of fused-ring (bicyclic) bond motifs is 1. The molecule has 6 nitrogen and oxygen atoms in total. The van der Waals surface area contributed by atoms with Gasteiger partial charge in [-0.25, -0.2) is 0 Å². The van der Waals surface area contributed by atoms with Crippen LogP contribution in [0.2, 0.25) is 0 Å². The minimum absolute atomic E-state index is 0.0204. The number of hydrogen-bond donors (Lipinski definition) is 2. The fourth-order valence-electron chi connectivity index (χ4n) is 4.03. The molecule has 2 unspecified atom stereocenters. The summed E-state index contributed by atoms with van der Waals surface area (Å²) in [6, 6.07) is 13.8. The summed E-state index contributed by atoms with van der Waals surface area (Å²) in [5.74, 6) is 5.35. The van der Waals surface area contributed by atoms with E-state index in [1.165, 1.54) is 0 Å². The number of ether oxygens (including phenoxy) is 2. The molecule has 1 aliphatic rings. The normalized spacial score (nSPS) is 17.6. The number of carboxylic acids is 1. The zero-order chi connectivity index (χ0) is 21.6. The lowest BCUT2D eigenvalue weighted by atomic mass is 9.96. The summed E-state index contributed by atoms with van der Waals surface area (Å²) in [5, 5.41) is 17.3. The summed E-state index contributed by atoms with van der Waals surface area (Å²) in [6.45, 7) is 2.52. The van der Waals surface area contributed by atoms with E-state index in [0.717, 1.165) is 53.6 Å². The molecule has 0 amide bonds. The first-order valence-corrected chi connectivity index (χ1v) is 10.6. The number of nitrogens with one attached hydrogen (secondary N) is 1. The van der Waals surface area contributed by atoms with E-state index in [1.807, 2.05) is 36.5 Å². The Balaban J connectivity index is 1.55. The van der Waals surface area contributed by atoms with Crippen LogP contribution in [0.25, 0.3) is 10.9 Å². The maximum absolute atomic E-state index is 11.2. The monoisotopic (exact) mass is 418 g/mol. The van der Waals surface area contributed by atoms with E-state index in [9.17, 15) is 4.79 Å². The van der Waals surface area contributed by atoms with Crippen LogP contribution in [-0.4, -0.2) is 34.0 Å². The van der Waals surface area contributed by atoms with E-state index in [4.69, 9.17) is 14.6 Å². The first-order chi connectivity index (χ1) is 15.1. The number of rotatable bonds is 8. The van der Waals surface area contributed by atoms with Gasteiger partial charge in [0.25, 0.3) is 0 Å². The number of nitrogens with zero attached hydrogens (tertiary/aromatic N) is 1. The van der Waals surface area contributed by atoms with Crippen LogP contribution >= 0.6 is 0 Å². The topological polar surface area (TPSA) is 84.4 Å². The smallest absolute Gasteiger partial charge is 0.304 e. The minimum Gasteiger partial charge on any atom is -0.486 e. The molecule has 6 heteroatoms. The fourth-order valence-corrected chi connectivity index (χ4v) is 4.03. The third-order valence-corrected chi connectivity index (χ3v) is 5.60. The molecule has 3 aromatic rings. The molecule has 31 heavy (non-hydrogen) atoms. The highest BCUT2D eigenvalue weighted by Gasteiger charge is 2.24. The van der Waals surface area contributed by atoms with Crippen LogP contribution in [0, 0.1) is 11.8 Å². The average Bonchev–Trinajstić information content (AvgIpc) is 3.44. The number of aromatic amines is 1. The Bertz CT molecular complexity index is 1090. The van der Waals surface area contributed by atoms with Gasteiger partial charge in [0.1, 0.15) is 11.9 Å². The summed E-state index contributed by atoms with van der Waals surface area (Å²) in [4.78, 5) is 11.2. The second-order valence-electron chi connectivity index (χ2n) is 7.81. The van der Waals surface area contributed by atoms with Crippen molar-refractivity contribution in [2.24, 2.45) is 0 Å². The van der Waals surface area contributed by atoms with Crippen LogP contribution in [-0.2, 0) is 9.53 Å². The maximum atomic E-state index is 11.2. The predicted molar refractivity (Wildman–Crippen MR) is 118 cm³/mol. The summed E-state index contributed by atoms with van der Waals surface area (Å²) in [5.41, 5.74) is 2.94. The predicted octanol–water partition coefficient (Wildman–Crippen LogP) is 4.83. The van der Waals surface area contributed by atoms with E-state index in [-0.39, 0.29) is 24.5 Å². The minimum atomic E-state index is -0.862. The van der Waals surface area contributed by atoms with Gasteiger partial charge in [0.05, 0.1) is 30.2 Å². The molecule has 0 aliphatic carbocycles. The molecule has 0 radical (unpaired) electrons. The molecular formula is C25H26N2O4. The molecule has 1 saturated heterocycles. The van der Waals surface area contributed by atoms with Crippen molar-refractivity contribution >= 4 is 16.9 Å².